The maximum Gasteiger partial charge on any atom is 0.191 e. The molecule has 18 heavy (non-hydrogen) atoms. The highest BCUT2D eigenvalue weighted by atomic mass is 79.9. The summed E-state index contributed by atoms with van der Waals surface area (Å²) in [7, 11) is -1.58. The number of hydrogen-bond donors (Lipinski definition) is 0. The molecule has 0 aliphatic carbocycles. The van der Waals surface area contributed by atoms with E-state index in [2.05, 4.69) is 60.8 Å². The molecule has 0 spiro atoms. The number of pyridine rings is 1. The molecule has 1 aromatic rings. The Balaban J connectivity index is 2.38. The number of halogens is 1. The molecule has 0 aromatic carbocycles. The summed E-state index contributed by atoms with van der Waals surface area (Å²) >= 11 is 3.52. The minimum Gasteiger partial charge on any atom is -0.417 e. The largest absolute Gasteiger partial charge is 0.417 e. The normalized spacial score (nSPS) is 12.8. The molecule has 0 fully saturated rings. The van der Waals surface area contributed by atoms with Crippen molar-refractivity contribution in [3.8, 4) is 0 Å². The minimum atomic E-state index is -1.58. The van der Waals surface area contributed by atoms with Gasteiger partial charge in [-0.15, -0.1) is 0 Å². The Labute approximate surface area is 120 Å². The van der Waals surface area contributed by atoms with Crippen LogP contribution in [0.4, 0.5) is 0 Å². The van der Waals surface area contributed by atoms with Crippen LogP contribution in [0, 0.1) is 0 Å². The predicted octanol–water partition coefficient (Wildman–Crippen LogP) is 4.80. The quantitative estimate of drug-likeness (QED) is 0.571. The number of aryl methyl sites for hydroxylation is 1. The van der Waals surface area contributed by atoms with Crippen molar-refractivity contribution in [1.82, 2.24) is 4.98 Å². The lowest BCUT2D eigenvalue weighted by Crippen LogP contribution is -2.41. The highest BCUT2D eigenvalue weighted by Gasteiger charge is 2.36. The van der Waals surface area contributed by atoms with E-state index < -0.39 is 8.32 Å². The summed E-state index contributed by atoms with van der Waals surface area (Å²) in [6, 6.07) is 2.07. The van der Waals surface area contributed by atoms with Gasteiger partial charge in [0.2, 0.25) is 0 Å². The van der Waals surface area contributed by atoms with Crippen molar-refractivity contribution in [2.45, 2.75) is 51.7 Å². The molecule has 0 radical (unpaired) electrons. The first-order valence-corrected chi connectivity index (χ1v) is 10.2. The van der Waals surface area contributed by atoms with E-state index in [1.54, 1.807) is 0 Å². The lowest BCUT2D eigenvalue weighted by molar-refractivity contribution is 0.282. The molecule has 0 unspecified atom stereocenters. The highest BCUT2D eigenvalue weighted by molar-refractivity contribution is 9.10. The fourth-order valence-electron chi connectivity index (χ4n) is 1.41. The SMILES string of the molecule is CC(C)(C)[Si](C)(C)OCCCc1ccncc1Br. The molecular weight excluding hydrogens is 306 g/mol. The summed E-state index contributed by atoms with van der Waals surface area (Å²) in [4.78, 5) is 4.07. The van der Waals surface area contributed by atoms with Gasteiger partial charge in [0.15, 0.2) is 8.32 Å². The molecule has 0 aliphatic rings. The average Bonchev–Trinajstić information content (AvgIpc) is 2.25. The summed E-state index contributed by atoms with van der Waals surface area (Å²) in [6.45, 7) is 12.3. The molecule has 0 amide bonds. The Morgan fingerprint density at radius 3 is 2.56 bits per heavy atom. The Hall–Kier alpha value is -0.193. The van der Waals surface area contributed by atoms with Crippen molar-refractivity contribution in [2.24, 2.45) is 0 Å². The molecule has 1 aromatic heterocycles. The van der Waals surface area contributed by atoms with E-state index in [1.165, 1.54) is 5.56 Å². The van der Waals surface area contributed by atoms with Gasteiger partial charge < -0.3 is 4.43 Å². The molecule has 102 valence electrons. The van der Waals surface area contributed by atoms with Gasteiger partial charge in [0.1, 0.15) is 0 Å². The number of rotatable bonds is 5. The van der Waals surface area contributed by atoms with Crippen LogP contribution in [0.3, 0.4) is 0 Å². The first kappa shape index (κ1) is 15.9. The van der Waals surface area contributed by atoms with Crippen molar-refractivity contribution < 1.29 is 4.43 Å². The van der Waals surface area contributed by atoms with Crippen LogP contribution in [0.5, 0.6) is 0 Å². The van der Waals surface area contributed by atoms with Gasteiger partial charge in [-0.2, -0.15) is 0 Å². The van der Waals surface area contributed by atoms with E-state index in [-0.39, 0.29) is 0 Å². The zero-order valence-electron chi connectivity index (χ0n) is 12.1. The topological polar surface area (TPSA) is 22.1 Å². The zero-order valence-corrected chi connectivity index (χ0v) is 14.7. The molecule has 4 heteroatoms. The van der Waals surface area contributed by atoms with Gasteiger partial charge in [0.25, 0.3) is 0 Å². The van der Waals surface area contributed by atoms with Gasteiger partial charge in [0, 0.05) is 23.5 Å². The van der Waals surface area contributed by atoms with E-state index in [0.29, 0.717) is 5.04 Å². The van der Waals surface area contributed by atoms with E-state index in [1.807, 2.05) is 12.4 Å². The number of nitrogens with zero attached hydrogens (tertiary/aromatic N) is 1. The van der Waals surface area contributed by atoms with Crippen LogP contribution in [0.15, 0.2) is 22.9 Å². The molecule has 1 heterocycles. The smallest absolute Gasteiger partial charge is 0.191 e. The van der Waals surface area contributed by atoms with Gasteiger partial charge in [-0.05, 0) is 58.5 Å². The van der Waals surface area contributed by atoms with Crippen LogP contribution in [0.2, 0.25) is 18.1 Å². The third kappa shape index (κ3) is 4.48. The van der Waals surface area contributed by atoms with E-state index in [4.69, 9.17) is 4.43 Å². The molecule has 0 atom stereocenters. The first-order valence-electron chi connectivity index (χ1n) is 6.46. The highest BCUT2D eigenvalue weighted by Crippen LogP contribution is 2.36. The third-order valence-corrected chi connectivity index (χ3v) is 8.97. The fraction of sp³-hybridized carbons (Fsp3) is 0.643. The second-order valence-corrected chi connectivity index (χ2v) is 11.8. The van der Waals surface area contributed by atoms with Crippen LogP contribution in [0.25, 0.3) is 0 Å². The fourth-order valence-corrected chi connectivity index (χ4v) is 2.95. The Morgan fingerprint density at radius 2 is 2.00 bits per heavy atom. The standard InChI is InChI=1S/C14H24BrNOSi/c1-14(2,3)18(4,5)17-10-6-7-12-8-9-16-11-13(12)15/h8-9,11H,6-7,10H2,1-5H3. The molecule has 0 N–H and O–H groups in total. The molecular formula is C14H24BrNOSi. The van der Waals surface area contributed by atoms with Crippen molar-refractivity contribution in [3.63, 3.8) is 0 Å². The Morgan fingerprint density at radius 1 is 1.33 bits per heavy atom. The van der Waals surface area contributed by atoms with Crippen LogP contribution in [-0.2, 0) is 10.8 Å². The van der Waals surface area contributed by atoms with Gasteiger partial charge in [-0.3, -0.25) is 4.98 Å². The van der Waals surface area contributed by atoms with Crippen molar-refractivity contribution in [3.05, 3.63) is 28.5 Å². The summed E-state index contributed by atoms with van der Waals surface area (Å²) in [5.41, 5.74) is 1.31. The van der Waals surface area contributed by atoms with Crippen LogP contribution < -0.4 is 0 Å². The van der Waals surface area contributed by atoms with Gasteiger partial charge in [-0.25, -0.2) is 0 Å². The molecule has 2 nitrogen and oxygen atoms in total. The molecule has 0 saturated carbocycles. The number of aromatic nitrogens is 1. The van der Waals surface area contributed by atoms with Gasteiger partial charge in [-0.1, -0.05) is 20.8 Å². The average molecular weight is 330 g/mol. The monoisotopic (exact) mass is 329 g/mol. The summed E-state index contributed by atoms with van der Waals surface area (Å²) < 4.78 is 7.26. The molecule has 0 aliphatic heterocycles. The third-order valence-electron chi connectivity index (χ3n) is 3.72. The Bertz CT molecular complexity index is 388. The lowest BCUT2D eigenvalue weighted by atomic mass is 10.1. The van der Waals surface area contributed by atoms with Crippen molar-refractivity contribution in [2.75, 3.05) is 6.61 Å². The second kappa shape index (κ2) is 6.31. The first-order chi connectivity index (χ1) is 8.24. The Kier molecular flexibility index (Phi) is 5.56. The van der Waals surface area contributed by atoms with Crippen molar-refractivity contribution in [1.29, 1.82) is 0 Å². The molecule has 1 rings (SSSR count). The van der Waals surface area contributed by atoms with E-state index >= 15 is 0 Å². The zero-order chi connectivity index (χ0) is 13.8. The summed E-state index contributed by atoms with van der Waals surface area (Å²) in [5, 5.41) is 0.296. The lowest BCUT2D eigenvalue weighted by Gasteiger charge is -2.36. The van der Waals surface area contributed by atoms with Gasteiger partial charge >= 0.3 is 0 Å². The number of hydrogen-bond acceptors (Lipinski definition) is 2. The maximum atomic E-state index is 6.16. The maximum absolute atomic E-state index is 6.16. The van der Waals surface area contributed by atoms with Crippen molar-refractivity contribution >= 4 is 24.2 Å². The second-order valence-electron chi connectivity index (χ2n) is 6.18. The van der Waals surface area contributed by atoms with E-state index in [0.717, 1.165) is 23.9 Å². The van der Waals surface area contributed by atoms with E-state index in [9.17, 15) is 0 Å². The summed E-state index contributed by atoms with van der Waals surface area (Å²) in [5.74, 6) is 0. The van der Waals surface area contributed by atoms with Crippen LogP contribution in [0.1, 0.15) is 32.8 Å². The minimum absolute atomic E-state index is 0.296. The predicted molar refractivity (Wildman–Crippen MR) is 83.4 cm³/mol. The molecule has 0 bridgehead atoms. The summed E-state index contributed by atoms with van der Waals surface area (Å²) in [6.07, 6.45) is 5.80. The van der Waals surface area contributed by atoms with Crippen LogP contribution in [-0.4, -0.2) is 19.9 Å². The molecule has 0 saturated heterocycles. The van der Waals surface area contributed by atoms with Crippen LogP contribution >= 0.6 is 15.9 Å². The van der Waals surface area contributed by atoms with Gasteiger partial charge in [0.05, 0.1) is 0 Å².